The van der Waals surface area contributed by atoms with Crippen molar-refractivity contribution in [1.82, 2.24) is 14.9 Å². The molecule has 1 aromatic rings. The Morgan fingerprint density at radius 2 is 1.70 bits per heavy atom. The number of aromatic nitrogens is 2. The maximum Gasteiger partial charge on any atom is 0.225 e. The number of piperidine rings is 2. The first-order chi connectivity index (χ1) is 11.3. The topological polar surface area (TPSA) is 41.5 Å². The summed E-state index contributed by atoms with van der Waals surface area (Å²) in [6, 6.07) is 0. The van der Waals surface area contributed by atoms with E-state index in [2.05, 4.69) is 39.1 Å². The number of nitrogens with zero attached hydrogens (tertiary/aromatic N) is 4. The molecular weight excluding hydrogens is 288 g/mol. The van der Waals surface area contributed by atoms with Crippen molar-refractivity contribution in [3.63, 3.8) is 0 Å². The van der Waals surface area contributed by atoms with E-state index in [-0.39, 0.29) is 0 Å². The van der Waals surface area contributed by atoms with Crippen LogP contribution in [-0.4, -0.2) is 61.3 Å². The molecule has 0 unspecified atom stereocenters. The van der Waals surface area contributed by atoms with Crippen LogP contribution in [0, 0.1) is 5.92 Å². The quantitative estimate of drug-likeness (QED) is 0.834. The van der Waals surface area contributed by atoms with Gasteiger partial charge in [0.25, 0.3) is 0 Å². The Morgan fingerprint density at radius 1 is 1.04 bits per heavy atom. The van der Waals surface area contributed by atoms with Gasteiger partial charge in [-0.2, -0.15) is 0 Å². The van der Waals surface area contributed by atoms with Crippen LogP contribution in [0.3, 0.4) is 0 Å². The van der Waals surface area contributed by atoms with Gasteiger partial charge in [0.1, 0.15) is 0 Å². The Bertz CT molecular complexity index is 462. The highest BCUT2D eigenvalue weighted by molar-refractivity contribution is 5.31. The number of ether oxygens (including phenoxy) is 1. The van der Waals surface area contributed by atoms with Gasteiger partial charge < -0.3 is 14.5 Å². The summed E-state index contributed by atoms with van der Waals surface area (Å²) in [5.74, 6) is 2.37. The number of methoxy groups -OCH3 is 1. The predicted molar refractivity (Wildman–Crippen MR) is 92.9 cm³/mol. The second kappa shape index (κ2) is 8.06. The molecule has 5 heteroatoms. The Hall–Kier alpha value is -1.20. The molecule has 0 atom stereocenters. The summed E-state index contributed by atoms with van der Waals surface area (Å²) >= 11 is 0. The van der Waals surface area contributed by atoms with E-state index < -0.39 is 0 Å². The zero-order chi connectivity index (χ0) is 16.1. The standard InChI is InChI=1S/C18H30N4O/c1-15-3-9-22(10-4-15)18-19-13-17(14-20-18)16-5-7-21(8-6-16)11-12-23-2/h13-16H,3-12H2,1-2H3. The van der Waals surface area contributed by atoms with E-state index in [9.17, 15) is 0 Å². The van der Waals surface area contributed by atoms with Crippen molar-refractivity contribution in [1.29, 1.82) is 0 Å². The number of rotatable bonds is 5. The first-order valence-corrected chi connectivity index (χ1v) is 9.04. The molecule has 1 aromatic heterocycles. The molecule has 23 heavy (non-hydrogen) atoms. The molecule has 0 spiro atoms. The van der Waals surface area contributed by atoms with E-state index in [1.807, 2.05) is 0 Å². The van der Waals surface area contributed by atoms with Crippen LogP contribution in [0.2, 0.25) is 0 Å². The van der Waals surface area contributed by atoms with E-state index in [4.69, 9.17) is 4.74 Å². The lowest BCUT2D eigenvalue weighted by Crippen LogP contribution is -2.35. The van der Waals surface area contributed by atoms with Crippen molar-refractivity contribution < 1.29 is 4.74 Å². The van der Waals surface area contributed by atoms with Crippen LogP contribution >= 0.6 is 0 Å². The summed E-state index contributed by atoms with van der Waals surface area (Å²) < 4.78 is 5.17. The van der Waals surface area contributed by atoms with Crippen molar-refractivity contribution in [2.24, 2.45) is 5.92 Å². The van der Waals surface area contributed by atoms with Gasteiger partial charge in [0, 0.05) is 39.1 Å². The highest BCUT2D eigenvalue weighted by Crippen LogP contribution is 2.28. The van der Waals surface area contributed by atoms with Gasteiger partial charge in [0.15, 0.2) is 0 Å². The van der Waals surface area contributed by atoms with E-state index in [0.717, 1.165) is 51.2 Å². The monoisotopic (exact) mass is 318 g/mol. The Kier molecular flexibility index (Phi) is 5.84. The van der Waals surface area contributed by atoms with Gasteiger partial charge in [-0.3, -0.25) is 0 Å². The molecule has 128 valence electrons. The van der Waals surface area contributed by atoms with Crippen LogP contribution in [0.4, 0.5) is 5.95 Å². The molecule has 0 aromatic carbocycles. The lowest BCUT2D eigenvalue weighted by Gasteiger charge is -2.32. The van der Waals surface area contributed by atoms with Crippen molar-refractivity contribution in [2.45, 2.75) is 38.5 Å². The zero-order valence-electron chi connectivity index (χ0n) is 14.6. The van der Waals surface area contributed by atoms with Crippen LogP contribution in [0.25, 0.3) is 0 Å². The zero-order valence-corrected chi connectivity index (χ0v) is 14.6. The predicted octanol–water partition coefficient (Wildman–Crippen LogP) is 2.54. The molecule has 3 heterocycles. The van der Waals surface area contributed by atoms with E-state index in [0.29, 0.717) is 5.92 Å². The molecule has 2 saturated heterocycles. The smallest absolute Gasteiger partial charge is 0.225 e. The normalized spacial score (nSPS) is 21.7. The third kappa shape index (κ3) is 4.42. The first-order valence-electron chi connectivity index (χ1n) is 9.04. The fourth-order valence-electron chi connectivity index (χ4n) is 3.62. The average molecular weight is 318 g/mol. The molecule has 0 radical (unpaired) electrons. The number of likely N-dealkylation sites (tertiary alicyclic amines) is 1. The van der Waals surface area contributed by atoms with E-state index in [1.54, 1.807) is 7.11 Å². The van der Waals surface area contributed by atoms with Crippen LogP contribution < -0.4 is 4.90 Å². The highest BCUT2D eigenvalue weighted by Gasteiger charge is 2.22. The molecule has 3 rings (SSSR count). The van der Waals surface area contributed by atoms with E-state index in [1.165, 1.54) is 31.2 Å². The van der Waals surface area contributed by atoms with Crippen molar-refractivity contribution in [3.05, 3.63) is 18.0 Å². The van der Waals surface area contributed by atoms with Gasteiger partial charge in [0.05, 0.1) is 6.61 Å². The highest BCUT2D eigenvalue weighted by atomic mass is 16.5. The first kappa shape index (κ1) is 16.7. The summed E-state index contributed by atoms with van der Waals surface area (Å²) in [6.45, 7) is 8.71. The number of anilines is 1. The fraction of sp³-hybridized carbons (Fsp3) is 0.778. The Labute approximate surface area is 140 Å². The summed E-state index contributed by atoms with van der Waals surface area (Å²) in [5.41, 5.74) is 1.31. The molecule has 0 saturated carbocycles. The Morgan fingerprint density at radius 3 is 2.30 bits per heavy atom. The molecule has 0 N–H and O–H groups in total. The second-order valence-electron chi connectivity index (χ2n) is 7.09. The average Bonchev–Trinajstić information content (AvgIpc) is 2.61. The van der Waals surface area contributed by atoms with Gasteiger partial charge in [-0.1, -0.05) is 6.92 Å². The number of hydrogen-bond donors (Lipinski definition) is 0. The molecular formula is C18H30N4O. The van der Waals surface area contributed by atoms with Gasteiger partial charge in [0.2, 0.25) is 5.95 Å². The minimum Gasteiger partial charge on any atom is -0.383 e. The summed E-state index contributed by atoms with van der Waals surface area (Å²) in [5, 5.41) is 0. The summed E-state index contributed by atoms with van der Waals surface area (Å²) in [7, 11) is 1.77. The lowest BCUT2D eigenvalue weighted by atomic mass is 9.91. The van der Waals surface area contributed by atoms with Gasteiger partial charge in [-0.05, 0) is 56.2 Å². The van der Waals surface area contributed by atoms with Crippen LogP contribution in [0.1, 0.15) is 44.1 Å². The molecule has 0 aliphatic carbocycles. The summed E-state index contributed by atoms with van der Waals surface area (Å²) in [6.07, 6.45) is 9.04. The van der Waals surface area contributed by atoms with Crippen LogP contribution in [-0.2, 0) is 4.74 Å². The van der Waals surface area contributed by atoms with Gasteiger partial charge in [-0.25, -0.2) is 9.97 Å². The molecule has 2 aliphatic heterocycles. The molecule has 0 amide bonds. The van der Waals surface area contributed by atoms with Crippen molar-refractivity contribution in [3.8, 4) is 0 Å². The van der Waals surface area contributed by atoms with Crippen molar-refractivity contribution in [2.75, 3.05) is 51.3 Å². The largest absolute Gasteiger partial charge is 0.383 e. The third-order valence-corrected chi connectivity index (χ3v) is 5.40. The lowest BCUT2D eigenvalue weighted by molar-refractivity contribution is 0.130. The fourth-order valence-corrected chi connectivity index (χ4v) is 3.62. The van der Waals surface area contributed by atoms with E-state index >= 15 is 0 Å². The summed E-state index contributed by atoms with van der Waals surface area (Å²) in [4.78, 5) is 14.1. The van der Waals surface area contributed by atoms with Gasteiger partial charge >= 0.3 is 0 Å². The molecule has 2 aliphatic rings. The number of hydrogen-bond acceptors (Lipinski definition) is 5. The van der Waals surface area contributed by atoms with Crippen LogP contribution in [0.5, 0.6) is 0 Å². The van der Waals surface area contributed by atoms with Crippen LogP contribution in [0.15, 0.2) is 12.4 Å². The van der Waals surface area contributed by atoms with Crippen molar-refractivity contribution >= 4 is 5.95 Å². The maximum atomic E-state index is 5.17. The van der Waals surface area contributed by atoms with Gasteiger partial charge in [-0.15, -0.1) is 0 Å². The molecule has 2 fully saturated rings. The Balaban J connectivity index is 1.52. The minimum atomic E-state index is 0.615. The molecule has 0 bridgehead atoms. The third-order valence-electron chi connectivity index (χ3n) is 5.40. The minimum absolute atomic E-state index is 0.615. The maximum absolute atomic E-state index is 5.17. The molecule has 5 nitrogen and oxygen atoms in total. The second-order valence-corrected chi connectivity index (χ2v) is 7.09. The SMILES string of the molecule is COCCN1CCC(c2cnc(N3CCC(C)CC3)nc2)CC1.